The van der Waals surface area contributed by atoms with Crippen LogP contribution >= 0.6 is 0 Å². The Morgan fingerprint density at radius 3 is 2.52 bits per heavy atom. The molecule has 1 aromatic heterocycles. The Morgan fingerprint density at radius 2 is 1.89 bits per heavy atom. The summed E-state index contributed by atoms with van der Waals surface area (Å²) in [6.45, 7) is 15.9. The van der Waals surface area contributed by atoms with E-state index >= 15 is 0 Å². The van der Waals surface area contributed by atoms with Gasteiger partial charge in [-0.15, -0.1) is 0 Å². The molecule has 5 nitrogen and oxygen atoms in total. The molecule has 0 saturated heterocycles. The van der Waals surface area contributed by atoms with Crippen LogP contribution in [0.3, 0.4) is 0 Å². The van der Waals surface area contributed by atoms with Crippen molar-refractivity contribution in [1.82, 2.24) is 14.8 Å². The first-order valence-corrected chi connectivity index (χ1v) is 10.3. The van der Waals surface area contributed by atoms with Crippen molar-refractivity contribution in [3.63, 3.8) is 0 Å². The molecule has 150 valence electrons. The first-order valence-electron chi connectivity index (χ1n) is 10.3. The maximum Gasteiger partial charge on any atom is 0.268 e. The van der Waals surface area contributed by atoms with E-state index in [1.807, 2.05) is 26.0 Å². The molecule has 27 heavy (non-hydrogen) atoms. The summed E-state index contributed by atoms with van der Waals surface area (Å²) < 4.78 is 7.73. The predicted molar refractivity (Wildman–Crippen MR) is 113 cm³/mol. The normalized spacial score (nSPS) is 11.3. The summed E-state index contributed by atoms with van der Waals surface area (Å²) in [7, 11) is 0. The second-order valence-corrected chi connectivity index (χ2v) is 6.82. The van der Waals surface area contributed by atoms with E-state index in [1.54, 1.807) is 0 Å². The molecule has 0 aliphatic rings. The zero-order chi connectivity index (χ0) is 19.8. The molecule has 2 aromatic rings. The second-order valence-electron chi connectivity index (χ2n) is 6.82. The first-order chi connectivity index (χ1) is 13.1. The van der Waals surface area contributed by atoms with E-state index in [2.05, 4.69) is 41.6 Å². The number of aryl methyl sites for hydroxylation is 2. The molecule has 2 rings (SSSR count). The molecule has 0 saturated carbocycles. The van der Waals surface area contributed by atoms with Crippen LogP contribution in [0.1, 0.15) is 56.6 Å². The molecule has 0 aliphatic carbocycles. The van der Waals surface area contributed by atoms with E-state index in [1.165, 1.54) is 0 Å². The Kier molecular flexibility index (Phi) is 8.17. The van der Waals surface area contributed by atoms with Gasteiger partial charge in [-0.25, -0.2) is 0 Å². The lowest BCUT2D eigenvalue weighted by atomic mass is 10.1. The van der Waals surface area contributed by atoms with E-state index in [0.29, 0.717) is 6.61 Å². The van der Waals surface area contributed by atoms with Gasteiger partial charge in [0.25, 0.3) is 5.91 Å². The third-order valence-corrected chi connectivity index (χ3v) is 5.21. The fraction of sp³-hybridized carbons (Fsp3) is 0.591. The van der Waals surface area contributed by atoms with Gasteiger partial charge in [-0.1, -0.05) is 13.8 Å². The molecule has 0 bridgehead atoms. The fourth-order valence-corrected chi connectivity index (χ4v) is 3.67. The summed E-state index contributed by atoms with van der Waals surface area (Å²) in [5.41, 5.74) is 2.88. The minimum absolute atomic E-state index is 0.0198. The number of carbonyl (C=O) groups excluding carboxylic acids is 1. The molecule has 0 fully saturated rings. The maximum absolute atomic E-state index is 12.9. The Labute approximate surface area is 163 Å². The third-order valence-electron chi connectivity index (χ3n) is 5.21. The molecule has 0 aliphatic heterocycles. The van der Waals surface area contributed by atoms with Crippen molar-refractivity contribution in [1.29, 1.82) is 0 Å². The van der Waals surface area contributed by atoms with Crippen molar-refractivity contribution in [3.8, 4) is 5.75 Å². The van der Waals surface area contributed by atoms with Gasteiger partial charge in [-0.3, -0.25) is 4.79 Å². The Morgan fingerprint density at radius 1 is 1.15 bits per heavy atom. The van der Waals surface area contributed by atoms with E-state index in [-0.39, 0.29) is 5.91 Å². The molecule has 5 heteroatoms. The van der Waals surface area contributed by atoms with Crippen LogP contribution in [0.2, 0.25) is 0 Å². The second kappa shape index (κ2) is 10.4. The predicted octanol–water partition coefficient (Wildman–Crippen LogP) is 4.22. The number of hydrogen-bond donors (Lipinski definition) is 1. The number of carbonyl (C=O) groups is 1. The van der Waals surface area contributed by atoms with Gasteiger partial charge in [0.1, 0.15) is 11.4 Å². The maximum atomic E-state index is 12.9. The summed E-state index contributed by atoms with van der Waals surface area (Å²) in [5.74, 6) is 0.871. The lowest BCUT2D eigenvalue weighted by molar-refractivity contribution is 0.0943. The van der Waals surface area contributed by atoms with Gasteiger partial charge >= 0.3 is 0 Å². The molecule has 1 amide bonds. The molecule has 0 radical (unpaired) electrons. The van der Waals surface area contributed by atoms with Gasteiger partial charge in [-0.05, 0) is 77.0 Å². The SMILES string of the molecule is CCOc1ccc2c(c1)c(C)c(C(=O)NCCCCN(CC)CC)n2CC. The highest BCUT2D eigenvalue weighted by Gasteiger charge is 2.19. The average molecular weight is 374 g/mol. The number of ether oxygens (including phenoxy) is 1. The van der Waals surface area contributed by atoms with Crippen molar-refractivity contribution in [2.24, 2.45) is 0 Å². The van der Waals surface area contributed by atoms with Crippen molar-refractivity contribution >= 4 is 16.8 Å². The topological polar surface area (TPSA) is 46.5 Å². The highest BCUT2D eigenvalue weighted by Crippen LogP contribution is 2.29. The molecular formula is C22H35N3O2. The van der Waals surface area contributed by atoms with Crippen molar-refractivity contribution in [2.45, 2.75) is 54.0 Å². The van der Waals surface area contributed by atoms with Crippen LogP contribution in [0.15, 0.2) is 18.2 Å². The Bertz CT molecular complexity index is 748. The smallest absolute Gasteiger partial charge is 0.268 e. The average Bonchev–Trinajstić information content (AvgIpc) is 2.96. The highest BCUT2D eigenvalue weighted by atomic mass is 16.5. The van der Waals surface area contributed by atoms with Gasteiger partial charge in [0.2, 0.25) is 0 Å². The molecule has 0 spiro atoms. The van der Waals surface area contributed by atoms with Crippen LogP contribution in [0.25, 0.3) is 10.9 Å². The first kappa shape index (κ1) is 21.3. The Hall–Kier alpha value is -2.01. The Balaban J connectivity index is 2.07. The number of aromatic nitrogens is 1. The minimum atomic E-state index is 0.0198. The lowest BCUT2D eigenvalue weighted by Crippen LogP contribution is -2.29. The zero-order valence-electron chi connectivity index (χ0n) is 17.6. The molecular weight excluding hydrogens is 338 g/mol. The van der Waals surface area contributed by atoms with Crippen LogP contribution in [-0.2, 0) is 6.54 Å². The van der Waals surface area contributed by atoms with E-state index in [0.717, 1.165) is 73.5 Å². The van der Waals surface area contributed by atoms with Crippen molar-refractivity contribution in [2.75, 3.05) is 32.8 Å². The number of rotatable bonds is 11. The standard InChI is InChI=1S/C22H35N3O2/c1-6-24(7-2)15-11-10-14-23-22(26)21-17(5)19-16-18(27-9-4)12-13-20(19)25(21)8-3/h12-13,16H,6-11,14-15H2,1-5H3,(H,23,26). The van der Waals surface area contributed by atoms with Crippen LogP contribution in [0, 0.1) is 6.92 Å². The number of nitrogens with zero attached hydrogens (tertiary/aromatic N) is 2. The van der Waals surface area contributed by atoms with E-state index < -0.39 is 0 Å². The lowest BCUT2D eigenvalue weighted by Gasteiger charge is -2.17. The number of amides is 1. The molecule has 0 atom stereocenters. The van der Waals surface area contributed by atoms with Gasteiger partial charge < -0.3 is 19.5 Å². The number of unbranched alkanes of at least 4 members (excludes halogenated alkanes) is 1. The summed E-state index contributed by atoms with van der Waals surface area (Å²) >= 11 is 0. The summed E-state index contributed by atoms with van der Waals surface area (Å²) in [6.07, 6.45) is 2.11. The van der Waals surface area contributed by atoms with Crippen molar-refractivity contribution in [3.05, 3.63) is 29.5 Å². The zero-order valence-corrected chi connectivity index (χ0v) is 17.6. The van der Waals surface area contributed by atoms with Crippen LogP contribution < -0.4 is 10.1 Å². The summed E-state index contributed by atoms with van der Waals surface area (Å²) in [4.78, 5) is 15.3. The third kappa shape index (κ3) is 5.04. The van der Waals surface area contributed by atoms with Gasteiger partial charge in [0.05, 0.1) is 6.61 Å². The summed E-state index contributed by atoms with van der Waals surface area (Å²) in [5, 5.41) is 4.21. The molecule has 1 N–H and O–H groups in total. The van der Waals surface area contributed by atoms with Gasteiger partial charge in [-0.2, -0.15) is 0 Å². The van der Waals surface area contributed by atoms with E-state index in [4.69, 9.17) is 4.74 Å². The monoisotopic (exact) mass is 373 g/mol. The van der Waals surface area contributed by atoms with E-state index in [9.17, 15) is 4.79 Å². The van der Waals surface area contributed by atoms with Crippen LogP contribution in [0.5, 0.6) is 5.75 Å². The fourth-order valence-electron chi connectivity index (χ4n) is 3.67. The largest absolute Gasteiger partial charge is 0.494 e. The quantitative estimate of drug-likeness (QED) is 0.600. The number of hydrogen-bond acceptors (Lipinski definition) is 3. The van der Waals surface area contributed by atoms with Crippen molar-refractivity contribution < 1.29 is 9.53 Å². The molecule has 1 heterocycles. The van der Waals surface area contributed by atoms with Gasteiger partial charge in [0, 0.05) is 24.0 Å². The highest BCUT2D eigenvalue weighted by molar-refractivity contribution is 6.02. The molecule has 1 aromatic carbocycles. The number of fused-ring (bicyclic) bond motifs is 1. The van der Waals surface area contributed by atoms with Crippen LogP contribution in [-0.4, -0.2) is 48.2 Å². The van der Waals surface area contributed by atoms with Gasteiger partial charge in [0.15, 0.2) is 0 Å². The molecule has 0 unspecified atom stereocenters. The number of benzene rings is 1. The number of nitrogens with one attached hydrogen (secondary N) is 1. The minimum Gasteiger partial charge on any atom is -0.494 e. The van der Waals surface area contributed by atoms with Crippen LogP contribution in [0.4, 0.5) is 0 Å². The summed E-state index contributed by atoms with van der Waals surface area (Å²) in [6, 6.07) is 6.07.